The normalized spacial score (nSPS) is 15.5. The molecular formula is C15H16ClN5O3. The number of primary amides is 1. The summed E-state index contributed by atoms with van der Waals surface area (Å²) in [6.45, 7) is 1.12. The molecule has 2 aromatic rings. The van der Waals surface area contributed by atoms with E-state index < -0.39 is 11.5 Å². The molecule has 3 heterocycles. The van der Waals surface area contributed by atoms with Crippen LogP contribution >= 0.6 is 11.6 Å². The van der Waals surface area contributed by atoms with Crippen LogP contribution in [0.2, 0.25) is 5.02 Å². The fourth-order valence-corrected chi connectivity index (χ4v) is 3.00. The predicted molar refractivity (Wildman–Crippen MR) is 87.1 cm³/mol. The van der Waals surface area contributed by atoms with Gasteiger partial charge in [0.1, 0.15) is 10.7 Å². The van der Waals surface area contributed by atoms with Gasteiger partial charge in [0.05, 0.1) is 5.56 Å². The van der Waals surface area contributed by atoms with Gasteiger partial charge in [-0.05, 0) is 25.0 Å². The van der Waals surface area contributed by atoms with Crippen molar-refractivity contribution in [2.24, 2.45) is 5.73 Å². The number of nitrogens with one attached hydrogen (secondary N) is 2. The maximum Gasteiger partial charge on any atom is 0.269 e. The molecule has 1 aliphatic heterocycles. The topological polar surface area (TPSA) is 125 Å². The molecule has 1 aliphatic rings. The Morgan fingerprint density at radius 3 is 2.58 bits per heavy atom. The molecule has 0 radical (unpaired) electrons. The lowest BCUT2D eigenvalue weighted by atomic mass is 9.93. The second kappa shape index (κ2) is 6.48. The van der Waals surface area contributed by atoms with E-state index in [-0.39, 0.29) is 22.5 Å². The van der Waals surface area contributed by atoms with Gasteiger partial charge in [0.25, 0.3) is 17.4 Å². The van der Waals surface area contributed by atoms with Crippen LogP contribution in [0.3, 0.4) is 0 Å². The summed E-state index contributed by atoms with van der Waals surface area (Å²) in [7, 11) is 0. The molecule has 4 N–H and O–H groups in total. The van der Waals surface area contributed by atoms with E-state index in [4.69, 9.17) is 17.3 Å². The summed E-state index contributed by atoms with van der Waals surface area (Å²) in [4.78, 5) is 39.0. The Labute approximate surface area is 142 Å². The van der Waals surface area contributed by atoms with E-state index in [1.807, 2.05) is 0 Å². The molecule has 9 heteroatoms. The van der Waals surface area contributed by atoms with Crippen molar-refractivity contribution in [1.29, 1.82) is 0 Å². The number of likely N-dealkylation sites (tertiary alicyclic amines) is 1. The third kappa shape index (κ3) is 3.18. The molecular weight excluding hydrogens is 334 g/mol. The minimum Gasteiger partial charge on any atom is -0.364 e. The van der Waals surface area contributed by atoms with Crippen LogP contribution in [0.15, 0.2) is 23.1 Å². The Kier molecular flexibility index (Phi) is 4.39. The van der Waals surface area contributed by atoms with Gasteiger partial charge < -0.3 is 15.6 Å². The van der Waals surface area contributed by atoms with E-state index in [1.165, 1.54) is 12.3 Å². The Hall–Kier alpha value is -2.61. The van der Waals surface area contributed by atoms with Crippen molar-refractivity contribution in [2.75, 3.05) is 13.1 Å². The number of aromatic amines is 2. The van der Waals surface area contributed by atoms with E-state index in [1.54, 1.807) is 11.0 Å². The first-order chi connectivity index (χ1) is 11.5. The second-order valence-corrected chi connectivity index (χ2v) is 6.11. The van der Waals surface area contributed by atoms with Crippen LogP contribution in [0, 0.1) is 0 Å². The summed E-state index contributed by atoms with van der Waals surface area (Å²) in [5.41, 5.74) is 6.20. The molecule has 2 amide bonds. The van der Waals surface area contributed by atoms with Crippen molar-refractivity contribution < 1.29 is 9.59 Å². The van der Waals surface area contributed by atoms with E-state index in [0.717, 1.165) is 18.5 Å². The summed E-state index contributed by atoms with van der Waals surface area (Å²) >= 11 is 5.76. The van der Waals surface area contributed by atoms with Crippen molar-refractivity contribution >= 4 is 23.4 Å². The number of halogens is 1. The molecule has 0 spiro atoms. The molecule has 2 aromatic heterocycles. The lowest BCUT2D eigenvalue weighted by molar-refractivity contribution is 0.0711. The van der Waals surface area contributed by atoms with Crippen molar-refractivity contribution in [1.82, 2.24) is 20.1 Å². The number of hydrogen-bond acceptors (Lipinski definition) is 4. The first-order valence-electron chi connectivity index (χ1n) is 7.48. The number of carbonyl (C=O) groups is 2. The van der Waals surface area contributed by atoms with Gasteiger partial charge in [-0.15, -0.1) is 0 Å². The van der Waals surface area contributed by atoms with Gasteiger partial charge in [0, 0.05) is 30.9 Å². The summed E-state index contributed by atoms with van der Waals surface area (Å²) in [6, 6.07) is 3.04. The predicted octanol–water partition coefficient (Wildman–Crippen LogP) is 0.870. The molecule has 0 bridgehead atoms. The summed E-state index contributed by atoms with van der Waals surface area (Å²) in [6.07, 6.45) is 2.85. The number of hydrogen-bond donors (Lipinski definition) is 3. The van der Waals surface area contributed by atoms with Gasteiger partial charge >= 0.3 is 0 Å². The number of amides is 2. The molecule has 126 valence electrons. The zero-order chi connectivity index (χ0) is 17.3. The number of rotatable bonds is 3. The Morgan fingerprint density at radius 2 is 2.00 bits per heavy atom. The zero-order valence-electron chi connectivity index (χ0n) is 12.7. The van der Waals surface area contributed by atoms with Crippen LogP contribution in [0.4, 0.5) is 0 Å². The third-order valence-electron chi connectivity index (χ3n) is 4.18. The maximum absolute atomic E-state index is 12.5. The number of pyridine rings is 1. The van der Waals surface area contributed by atoms with E-state index in [2.05, 4.69) is 15.2 Å². The quantitative estimate of drug-likeness (QED) is 0.760. The van der Waals surface area contributed by atoms with Gasteiger partial charge in [-0.1, -0.05) is 11.6 Å². The minimum atomic E-state index is -0.569. The van der Waals surface area contributed by atoms with Gasteiger partial charge in [-0.2, -0.15) is 5.10 Å². The monoisotopic (exact) mass is 349 g/mol. The molecule has 1 saturated heterocycles. The molecule has 8 nitrogen and oxygen atoms in total. The summed E-state index contributed by atoms with van der Waals surface area (Å²) in [5, 5.41) is 6.71. The van der Waals surface area contributed by atoms with E-state index >= 15 is 0 Å². The number of aromatic nitrogens is 3. The molecule has 24 heavy (non-hydrogen) atoms. The summed E-state index contributed by atoms with van der Waals surface area (Å²) < 4.78 is 0. The highest BCUT2D eigenvalue weighted by atomic mass is 35.5. The highest BCUT2D eigenvalue weighted by molar-refractivity contribution is 6.30. The second-order valence-electron chi connectivity index (χ2n) is 5.70. The number of carbonyl (C=O) groups excluding carboxylic acids is 2. The Balaban J connectivity index is 1.65. The third-order valence-corrected chi connectivity index (χ3v) is 4.46. The SMILES string of the molecule is NC(=O)c1cc(C2CCN(C(=O)c3c[nH]c(=O)c(Cl)c3)CC2)[nH]n1. The van der Waals surface area contributed by atoms with E-state index in [0.29, 0.717) is 18.7 Å². The van der Waals surface area contributed by atoms with E-state index in [9.17, 15) is 14.4 Å². The van der Waals surface area contributed by atoms with Crippen molar-refractivity contribution in [3.63, 3.8) is 0 Å². The highest BCUT2D eigenvalue weighted by Crippen LogP contribution is 2.27. The fourth-order valence-electron chi connectivity index (χ4n) is 2.83. The largest absolute Gasteiger partial charge is 0.364 e. The van der Waals surface area contributed by atoms with Gasteiger partial charge in [0.15, 0.2) is 0 Å². The zero-order valence-corrected chi connectivity index (χ0v) is 13.5. The highest BCUT2D eigenvalue weighted by Gasteiger charge is 2.26. The first kappa shape index (κ1) is 16.3. The molecule has 0 aliphatic carbocycles. The van der Waals surface area contributed by atoms with Crippen LogP contribution in [0.25, 0.3) is 0 Å². The fraction of sp³-hybridized carbons (Fsp3) is 0.333. The maximum atomic E-state index is 12.5. The van der Waals surface area contributed by atoms with Crippen LogP contribution in [-0.2, 0) is 0 Å². The molecule has 0 unspecified atom stereocenters. The van der Waals surface area contributed by atoms with Crippen molar-refractivity contribution in [3.8, 4) is 0 Å². The number of H-pyrrole nitrogens is 2. The lowest BCUT2D eigenvalue weighted by Gasteiger charge is -2.31. The van der Waals surface area contributed by atoms with Crippen LogP contribution in [0.5, 0.6) is 0 Å². The summed E-state index contributed by atoms with van der Waals surface area (Å²) in [5.74, 6) is -0.553. The molecule has 0 aromatic carbocycles. The Bertz CT molecular complexity index is 836. The van der Waals surface area contributed by atoms with Gasteiger partial charge in [0.2, 0.25) is 0 Å². The number of nitrogens with zero attached hydrogens (tertiary/aromatic N) is 2. The lowest BCUT2D eigenvalue weighted by Crippen LogP contribution is -2.38. The smallest absolute Gasteiger partial charge is 0.269 e. The number of piperidine rings is 1. The Morgan fingerprint density at radius 1 is 1.29 bits per heavy atom. The molecule has 3 rings (SSSR count). The van der Waals surface area contributed by atoms with Crippen molar-refractivity contribution in [3.05, 3.63) is 50.7 Å². The average Bonchev–Trinajstić information content (AvgIpc) is 3.07. The standard InChI is InChI=1S/C15H16ClN5O3/c16-10-5-9(7-18-14(10)23)15(24)21-3-1-8(2-4-21)11-6-12(13(17)22)20-19-11/h5-8H,1-4H2,(H2,17,22)(H,18,23)(H,19,20). The molecule has 1 fully saturated rings. The van der Waals surface area contributed by atoms with Crippen LogP contribution in [0.1, 0.15) is 45.3 Å². The van der Waals surface area contributed by atoms with Crippen LogP contribution < -0.4 is 11.3 Å². The van der Waals surface area contributed by atoms with Gasteiger partial charge in [-0.25, -0.2) is 0 Å². The molecule has 0 atom stereocenters. The van der Waals surface area contributed by atoms with Crippen molar-refractivity contribution in [2.45, 2.75) is 18.8 Å². The average molecular weight is 350 g/mol. The van der Waals surface area contributed by atoms with Crippen LogP contribution in [-0.4, -0.2) is 45.0 Å². The van der Waals surface area contributed by atoms with Gasteiger partial charge in [-0.3, -0.25) is 19.5 Å². The minimum absolute atomic E-state index is 0.00724. The first-order valence-corrected chi connectivity index (χ1v) is 7.86. The molecule has 0 saturated carbocycles. The number of nitrogens with two attached hydrogens (primary N) is 1.